The third-order valence-electron chi connectivity index (χ3n) is 2.07. The van der Waals surface area contributed by atoms with Crippen LogP contribution < -0.4 is 5.73 Å². The van der Waals surface area contributed by atoms with Gasteiger partial charge in [-0.05, 0) is 5.92 Å². The van der Waals surface area contributed by atoms with Crippen molar-refractivity contribution in [3.05, 3.63) is 5.82 Å². The number of nitrogens with two attached hydrogens (primary N) is 1. The van der Waals surface area contributed by atoms with E-state index in [2.05, 4.69) is 15.2 Å². The van der Waals surface area contributed by atoms with Gasteiger partial charge >= 0.3 is 0 Å². The molecule has 0 radical (unpaired) electrons. The van der Waals surface area contributed by atoms with E-state index in [1.165, 1.54) is 0 Å². The van der Waals surface area contributed by atoms with Crippen molar-refractivity contribution in [3.63, 3.8) is 0 Å². The fourth-order valence-corrected chi connectivity index (χ4v) is 1.42. The van der Waals surface area contributed by atoms with Crippen LogP contribution in [0.25, 0.3) is 0 Å². The molecule has 7 heteroatoms. The predicted octanol–water partition coefficient (Wildman–Crippen LogP) is 0.399. The summed E-state index contributed by atoms with van der Waals surface area (Å²) in [5, 5.41) is 14.6. The van der Waals surface area contributed by atoms with Crippen molar-refractivity contribution in [1.29, 1.82) is 5.26 Å². The second-order valence-electron chi connectivity index (χ2n) is 4.10. The maximum Gasteiger partial charge on any atom is 0.291 e. The summed E-state index contributed by atoms with van der Waals surface area (Å²) in [7, 11) is 0. The fourth-order valence-electron chi connectivity index (χ4n) is 1.42. The number of nitrogen functional groups attached to an aromatic ring is 1. The van der Waals surface area contributed by atoms with Crippen LogP contribution in [0.4, 0.5) is 5.95 Å². The fraction of sp³-hybridized carbons (Fsp3) is 0.600. The summed E-state index contributed by atoms with van der Waals surface area (Å²) in [6, 6.07) is 2.02. The molecule has 0 aliphatic carbocycles. The summed E-state index contributed by atoms with van der Waals surface area (Å²) in [4.78, 5) is 17.4. The summed E-state index contributed by atoms with van der Waals surface area (Å²) in [5.74, 6) is 0.190. The zero-order valence-corrected chi connectivity index (χ0v) is 9.97. The average molecular weight is 236 g/mol. The van der Waals surface area contributed by atoms with Crippen LogP contribution in [0.3, 0.4) is 0 Å². The quantitative estimate of drug-likeness (QED) is 0.768. The third-order valence-corrected chi connectivity index (χ3v) is 2.07. The van der Waals surface area contributed by atoms with Crippen LogP contribution in [0.2, 0.25) is 0 Å². The predicted molar refractivity (Wildman–Crippen MR) is 61.8 cm³/mol. The van der Waals surface area contributed by atoms with Crippen LogP contribution in [-0.2, 0) is 0 Å². The molecule has 0 atom stereocenters. The van der Waals surface area contributed by atoms with Gasteiger partial charge in [0.25, 0.3) is 5.91 Å². The van der Waals surface area contributed by atoms with E-state index < -0.39 is 0 Å². The van der Waals surface area contributed by atoms with Gasteiger partial charge in [0.15, 0.2) is 0 Å². The minimum Gasteiger partial charge on any atom is -0.366 e. The molecular weight excluding hydrogens is 220 g/mol. The summed E-state index contributed by atoms with van der Waals surface area (Å²) in [6.45, 7) is 4.96. The van der Waals surface area contributed by atoms with Crippen molar-refractivity contribution in [3.8, 4) is 6.07 Å². The first-order chi connectivity index (χ1) is 8.04. The Labute approximate surface area is 99.6 Å². The van der Waals surface area contributed by atoms with E-state index in [0.29, 0.717) is 25.4 Å². The highest BCUT2D eigenvalue weighted by molar-refractivity contribution is 5.90. The zero-order chi connectivity index (χ0) is 12.8. The molecule has 1 aromatic rings. The second kappa shape index (κ2) is 5.84. The van der Waals surface area contributed by atoms with Crippen molar-refractivity contribution >= 4 is 11.9 Å². The Hall–Kier alpha value is -2.10. The molecule has 0 saturated heterocycles. The molecule has 17 heavy (non-hydrogen) atoms. The molecule has 0 fully saturated rings. The lowest BCUT2D eigenvalue weighted by atomic mass is 10.2. The number of H-pyrrole nitrogens is 1. The number of aromatic nitrogens is 3. The smallest absolute Gasteiger partial charge is 0.291 e. The first-order valence-corrected chi connectivity index (χ1v) is 5.38. The molecule has 1 rings (SSSR count). The van der Waals surface area contributed by atoms with Crippen molar-refractivity contribution in [1.82, 2.24) is 20.1 Å². The van der Waals surface area contributed by atoms with Gasteiger partial charge in [-0.3, -0.25) is 9.89 Å². The van der Waals surface area contributed by atoms with Crippen molar-refractivity contribution in [2.24, 2.45) is 5.92 Å². The number of carbonyl (C=O) groups excluding carboxylic acids is 1. The molecule has 0 aliphatic rings. The monoisotopic (exact) mass is 236 g/mol. The van der Waals surface area contributed by atoms with Gasteiger partial charge in [0, 0.05) is 13.1 Å². The van der Waals surface area contributed by atoms with Crippen LogP contribution in [0.15, 0.2) is 0 Å². The Morgan fingerprint density at radius 2 is 2.35 bits per heavy atom. The lowest BCUT2D eigenvalue weighted by molar-refractivity contribution is 0.0728. The van der Waals surface area contributed by atoms with Gasteiger partial charge < -0.3 is 10.6 Å². The van der Waals surface area contributed by atoms with Crippen LogP contribution in [0.1, 0.15) is 30.9 Å². The number of nitrogens with zero attached hydrogens (tertiary/aromatic N) is 4. The first kappa shape index (κ1) is 13.0. The third kappa shape index (κ3) is 3.75. The number of aromatic amines is 1. The Morgan fingerprint density at radius 1 is 1.65 bits per heavy atom. The molecule has 92 valence electrons. The molecular formula is C10H16N6O. The lowest BCUT2D eigenvalue weighted by Gasteiger charge is -2.22. The number of amides is 1. The molecule has 1 aromatic heterocycles. The van der Waals surface area contributed by atoms with E-state index in [0.717, 1.165) is 0 Å². The number of carbonyl (C=O) groups is 1. The molecule has 0 aromatic carbocycles. The standard InChI is InChI=1S/C10H16N6O/c1-7(2)6-16(5-3-4-11)9(17)8-13-10(12)15-14-8/h7H,3,5-6H2,1-2H3,(H3,12,13,14,15). The van der Waals surface area contributed by atoms with Crippen LogP contribution in [0, 0.1) is 17.2 Å². The van der Waals surface area contributed by atoms with Crippen LogP contribution in [0.5, 0.6) is 0 Å². The van der Waals surface area contributed by atoms with Gasteiger partial charge in [0.2, 0.25) is 11.8 Å². The first-order valence-electron chi connectivity index (χ1n) is 5.38. The Kier molecular flexibility index (Phi) is 4.46. The van der Waals surface area contributed by atoms with Gasteiger partial charge in [-0.15, -0.1) is 5.10 Å². The van der Waals surface area contributed by atoms with E-state index in [4.69, 9.17) is 11.0 Å². The number of anilines is 1. The summed E-state index contributed by atoms with van der Waals surface area (Å²) in [6.07, 6.45) is 0.294. The van der Waals surface area contributed by atoms with E-state index in [-0.39, 0.29) is 17.7 Å². The number of hydrogen-bond donors (Lipinski definition) is 2. The normalized spacial score (nSPS) is 10.2. The van der Waals surface area contributed by atoms with Gasteiger partial charge in [-0.2, -0.15) is 10.2 Å². The average Bonchev–Trinajstić information content (AvgIpc) is 2.69. The van der Waals surface area contributed by atoms with E-state index >= 15 is 0 Å². The Bertz CT molecular complexity index is 419. The SMILES string of the molecule is CC(C)CN(CCC#N)C(=O)c1nc(N)n[nH]1. The highest BCUT2D eigenvalue weighted by Crippen LogP contribution is 2.05. The van der Waals surface area contributed by atoms with Gasteiger partial charge in [-0.1, -0.05) is 13.8 Å². The van der Waals surface area contributed by atoms with Gasteiger partial charge in [-0.25, -0.2) is 0 Å². The van der Waals surface area contributed by atoms with Crippen LogP contribution in [-0.4, -0.2) is 39.1 Å². The van der Waals surface area contributed by atoms with Crippen molar-refractivity contribution in [2.45, 2.75) is 20.3 Å². The molecule has 1 heterocycles. The highest BCUT2D eigenvalue weighted by atomic mass is 16.2. The van der Waals surface area contributed by atoms with E-state index in [1.807, 2.05) is 19.9 Å². The molecule has 3 N–H and O–H groups in total. The van der Waals surface area contributed by atoms with Gasteiger partial charge in [0.05, 0.1) is 12.5 Å². The largest absolute Gasteiger partial charge is 0.366 e. The maximum atomic E-state index is 12.0. The Balaban J connectivity index is 2.75. The molecule has 0 aliphatic heterocycles. The molecule has 7 nitrogen and oxygen atoms in total. The maximum absolute atomic E-state index is 12.0. The van der Waals surface area contributed by atoms with Crippen molar-refractivity contribution in [2.75, 3.05) is 18.8 Å². The van der Waals surface area contributed by atoms with E-state index in [1.54, 1.807) is 4.90 Å². The highest BCUT2D eigenvalue weighted by Gasteiger charge is 2.19. The summed E-state index contributed by atoms with van der Waals surface area (Å²) >= 11 is 0. The number of rotatable bonds is 5. The second-order valence-corrected chi connectivity index (χ2v) is 4.10. The minimum absolute atomic E-state index is 0.0399. The number of nitrogens with one attached hydrogen (secondary N) is 1. The topological polar surface area (TPSA) is 112 Å². The minimum atomic E-state index is -0.279. The van der Waals surface area contributed by atoms with Crippen molar-refractivity contribution < 1.29 is 4.79 Å². The van der Waals surface area contributed by atoms with Crippen LogP contribution >= 0.6 is 0 Å². The molecule has 0 saturated carbocycles. The molecule has 0 unspecified atom stereocenters. The molecule has 0 bridgehead atoms. The van der Waals surface area contributed by atoms with Gasteiger partial charge in [0.1, 0.15) is 0 Å². The number of hydrogen-bond acceptors (Lipinski definition) is 5. The number of nitriles is 1. The summed E-state index contributed by atoms with van der Waals surface area (Å²) in [5.41, 5.74) is 5.34. The van der Waals surface area contributed by atoms with E-state index in [9.17, 15) is 4.79 Å². The molecule has 1 amide bonds. The Morgan fingerprint density at radius 3 is 2.82 bits per heavy atom. The summed E-state index contributed by atoms with van der Waals surface area (Å²) < 4.78 is 0. The lowest BCUT2D eigenvalue weighted by Crippen LogP contribution is -2.35. The molecule has 0 spiro atoms. The zero-order valence-electron chi connectivity index (χ0n) is 9.97.